The molecule has 0 bridgehead atoms. The molecular weight excluding hydrogens is 241 g/mol. The fourth-order valence-electron chi connectivity index (χ4n) is 1.51. The van der Waals surface area contributed by atoms with Crippen LogP contribution in [0.3, 0.4) is 0 Å². The summed E-state index contributed by atoms with van der Waals surface area (Å²) in [6.07, 6.45) is 0. The van der Waals surface area contributed by atoms with Gasteiger partial charge in [-0.15, -0.1) is 22.2 Å². The zero-order valence-corrected chi connectivity index (χ0v) is 13.2. The molecule has 1 nitrogen and oxygen atoms in total. The van der Waals surface area contributed by atoms with Gasteiger partial charge in [0.1, 0.15) is 16.5 Å². The number of rotatable bonds is 3. The van der Waals surface area contributed by atoms with Crippen molar-refractivity contribution in [3.63, 3.8) is 0 Å². The molecule has 0 atom stereocenters. The maximum atomic E-state index is 6.08. The summed E-state index contributed by atoms with van der Waals surface area (Å²) in [6, 6.07) is 0. The standard InChI is InChI=1S/C6H18Cl2NSi3/c1-11(2,3)9(10(7)8)12(4,5)6/h1-6H3. The first-order chi connectivity index (χ1) is 5.07. The lowest BCUT2D eigenvalue weighted by Crippen LogP contribution is -2.62. The normalized spacial score (nSPS) is 14.5. The van der Waals surface area contributed by atoms with Gasteiger partial charge in [0.15, 0.2) is 0 Å². The van der Waals surface area contributed by atoms with E-state index in [2.05, 4.69) is 43.2 Å². The molecule has 0 N–H and O–H groups in total. The second-order valence-electron chi connectivity index (χ2n) is 4.92. The van der Waals surface area contributed by atoms with Crippen LogP contribution in [0, 0.1) is 0 Å². The zero-order valence-electron chi connectivity index (χ0n) is 8.70. The van der Waals surface area contributed by atoms with Gasteiger partial charge in [0, 0.05) is 0 Å². The quantitative estimate of drug-likeness (QED) is 0.554. The zero-order chi connectivity index (χ0) is 10.2. The molecule has 0 aromatic carbocycles. The highest BCUT2D eigenvalue weighted by atomic mass is 35.7. The Morgan fingerprint density at radius 3 is 1.08 bits per heavy atom. The second-order valence-corrected chi connectivity index (χ2v) is 19.5. The van der Waals surface area contributed by atoms with Crippen molar-refractivity contribution in [2.45, 2.75) is 39.3 Å². The molecule has 0 aliphatic carbocycles. The maximum Gasteiger partial charge on any atom is 0.346 e. The third kappa shape index (κ3) is 3.93. The van der Waals surface area contributed by atoms with E-state index in [0.717, 1.165) is 0 Å². The first kappa shape index (κ1) is 13.2. The Bertz CT molecular complexity index is 136. The molecule has 0 aliphatic rings. The molecule has 0 fully saturated rings. The molecule has 12 heavy (non-hydrogen) atoms. The minimum atomic E-state index is -1.31. The highest BCUT2D eigenvalue weighted by Gasteiger charge is 2.39. The van der Waals surface area contributed by atoms with Gasteiger partial charge in [0.25, 0.3) is 0 Å². The summed E-state index contributed by atoms with van der Waals surface area (Å²) < 4.78 is 2.45. The molecule has 0 amide bonds. The number of hydrogen-bond acceptors (Lipinski definition) is 1. The third-order valence-corrected chi connectivity index (χ3v) is 16.6. The minimum Gasteiger partial charge on any atom is -0.344 e. The fourth-order valence-corrected chi connectivity index (χ4v) is 22.7. The molecule has 0 aromatic rings. The van der Waals surface area contributed by atoms with Gasteiger partial charge in [-0.05, 0) is 0 Å². The van der Waals surface area contributed by atoms with Crippen molar-refractivity contribution in [3.05, 3.63) is 0 Å². The van der Waals surface area contributed by atoms with E-state index in [1.165, 1.54) is 0 Å². The summed E-state index contributed by atoms with van der Waals surface area (Å²) >= 11 is 12.2. The predicted octanol–water partition coefficient (Wildman–Crippen LogP) is 3.42. The van der Waals surface area contributed by atoms with Crippen LogP contribution >= 0.6 is 22.2 Å². The Morgan fingerprint density at radius 2 is 1.08 bits per heavy atom. The molecule has 1 radical (unpaired) electrons. The summed E-state index contributed by atoms with van der Waals surface area (Å²) in [7, 11) is -3.90. The predicted molar refractivity (Wildman–Crippen MR) is 66.0 cm³/mol. The number of nitrogens with zero attached hydrogens (tertiary/aromatic N) is 1. The molecule has 0 rings (SSSR count). The lowest BCUT2D eigenvalue weighted by Gasteiger charge is -2.43. The first-order valence-electron chi connectivity index (χ1n) is 4.05. The van der Waals surface area contributed by atoms with Gasteiger partial charge in [0.2, 0.25) is 0 Å². The number of hydrogen-bond donors (Lipinski definition) is 0. The molecule has 73 valence electrons. The summed E-state index contributed by atoms with van der Waals surface area (Å²) in [5, 5.41) is 0. The third-order valence-electron chi connectivity index (χ3n) is 1.51. The van der Waals surface area contributed by atoms with Crippen LogP contribution in [0.4, 0.5) is 0 Å². The molecular formula is C6H18Cl2NSi3. The lowest BCUT2D eigenvalue weighted by molar-refractivity contribution is 0.961. The van der Waals surface area contributed by atoms with Crippen molar-refractivity contribution in [2.24, 2.45) is 0 Å². The number of halogens is 2. The van der Waals surface area contributed by atoms with Gasteiger partial charge in [-0.1, -0.05) is 39.3 Å². The van der Waals surface area contributed by atoms with Gasteiger partial charge in [-0.2, -0.15) is 0 Å². The Balaban J connectivity index is 4.70. The molecule has 0 saturated carbocycles. The molecule has 6 heteroatoms. The Morgan fingerprint density at radius 1 is 0.833 bits per heavy atom. The van der Waals surface area contributed by atoms with E-state index in [-0.39, 0.29) is 0 Å². The maximum absolute atomic E-state index is 6.08. The highest BCUT2D eigenvalue weighted by Crippen LogP contribution is 2.24. The van der Waals surface area contributed by atoms with Crippen molar-refractivity contribution in [3.8, 4) is 0 Å². The van der Waals surface area contributed by atoms with Crippen molar-refractivity contribution in [1.29, 1.82) is 0 Å². The van der Waals surface area contributed by atoms with E-state index in [4.69, 9.17) is 22.2 Å². The summed E-state index contributed by atoms with van der Waals surface area (Å²) in [5.74, 6) is 0. The van der Waals surface area contributed by atoms with Crippen molar-refractivity contribution in [2.75, 3.05) is 0 Å². The van der Waals surface area contributed by atoms with Crippen molar-refractivity contribution < 1.29 is 0 Å². The Labute approximate surface area is 89.3 Å². The van der Waals surface area contributed by atoms with Gasteiger partial charge in [-0.3, -0.25) is 0 Å². The van der Waals surface area contributed by atoms with E-state index in [1.807, 2.05) is 0 Å². The fraction of sp³-hybridized carbons (Fsp3) is 1.00. The Hall–Kier alpha value is 1.19. The average molecular weight is 259 g/mol. The van der Waals surface area contributed by atoms with Gasteiger partial charge >= 0.3 is 7.58 Å². The van der Waals surface area contributed by atoms with Crippen LogP contribution in [-0.4, -0.2) is 27.9 Å². The van der Waals surface area contributed by atoms with Crippen LogP contribution in [0.15, 0.2) is 0 Å². The highest BCUT2D eigenvalue weighted by molar-refractivity contribution is 7.37. The van der Waals surface area contributed by atoms with E-state index in [9.17, 15) is 0 Å². The van der Waals surface area contributed by atoms with Crippen LogP contribution in [0.5, 0.6) is 0 Å². The van der Waals surface area contributed by atoms with Crippen LogP contribution in [0.2, 0.25) is 39.3 Å². The first-order valence-corrected chi connectivity index (χ1v) is 14.4. The largest absolute Gasteiger partial charge is 0.346 e. The molecule has 0 heterocycles. The molecule has 0 saturated heterocycles. The SMILES string of the molecule is C[Si](C)(C)N([Si](Cl)Cl)[Si](C)(C)C. The van der Waals surface area contributed by atoms with E-state index in [0.29, 0.717) is 0 Å². The molecule has 0 aliphatic heterocycles. The summed E-state index contributed by atoms with van der Waals surface area (Å²) in [4.78, 5) is 0. The van der Waals surface area contributed by atoms with Crippen molar-refractivity contribution in [1.82, 2.24) is 3.90 Å². The second kappa shape index (κ2) is 4.15. The van der Waals surface area contributed by atoms with Crippen LogP contribution in [-0.2, 0) is 0 Å². The van der Waals surface area contributed by atoms with Crippen LogP contribution in [0.25, 0.3) is 0 Å². The smallest absolute Gasteiger partial charge is 0.344 e. The average Bonchev–Trinajstić information content (AvgIpc) is 1.49. The molecule has 0 unspecified atom stereocenters. The summed E-state index contributed by atoms with van der Waals surface area (Å²) in [6.45, 7) is 13.8. The van der Waals surface area contributed by atoms with Crippen LogP contribution < -0.4 is 0 Å². The Kier molecular flexibility index (Phi) is 4.56. The topological polar surface area (TPSA) is 3.24 Å². The van der Waals surface area contributed by atoms with E-state index in [1.54, 1.807) is 0 Å². The van der Waals surface area contributed by atoms with Gasteiger partial charge < -0.3 is 3.90 Å². The minimum absolute atomic E-state index is 1.29. The van der Waals surface area contributed by atoms with Gasteiger partial charge in [0.05, 0.1) is 0 Å². The lowest BCUT2D eigenvalue weighted by atomic mass is 11.8. The monoisotopic (exact) mass is 258 g/mol. The van der Waals surface area contributed by atoms with Crippen LogP contribution in [0.1, 0.15) is 0 Å². The van der Waals surface area contributed by atoms with E-state index < -0.39 is 24.0 Å². The molecule has 0 aromatic heterocycles. The van der Waals surface area contributed by atoms with Crippen molar-refractivity contribution >= 4 is 46.2 Å². The summed E-state index contributed by atoms with van der Waals surface area (Å²) in [5.41, 5.74) is 0. The molecule has 0 spiro atoms. The van der Waals surface area contributed by atoms with E-state index >= 15 is 0 Å². The van der Waals surface area contributed by atoms with Gasteiger partial charge in [-0.25, -0.2) is 0 Å².